The molecule has 0 aliphatic carbocycles. The fraction of sp³-hybridized carbons (Fsp3) is 1.00. The van der Waals surface area contributed by atoms with E-state index in [0.29, 0.717) is 17.7 Å². The van der Waals surface area contributed by atoms with E-state index in [0.717, 1.165) is 6.32 Å². The lowest BCUT2D eigenvalue weighted by Gasteiger charge is -2.48. The molecule has 1 rings (SSSR count). The van der Waals surface area contributed by atoms with E-state index >= 15 is 0 Å². The maximum absolute atomic E-state index is 6.41. The summed E-state index contributed by atoms with van der Waals surface area (Å²) in [7, 11) is -1.52. The van der Waals surface area contributed by atoms with E-state index in [-0.39, 0.29) is 18.3 Å². The van der Waals surface area contributed by atoms with Crippen LogP contribution in [-0.4, -0.2) is 49.0 Å². The first-order valence-corrected chi connectivity index (χ1v) is 13.2. The zero-order chi connectivity index (χ0) is 19.6. The van der Waals surface area contributed by atoms with Crippen molar-refractivity contribution in [2.75, 3.05) is 0 Å². The van der Waals surface area contributed by atoms with Crippen molar-refractivity contribution < 1.29 is 9.31 Å². The van der Waals surface area contributed by atoms with Crippen LogP contribution in [0.1, 0.15) is 76.2 Å². The molecule has 1 aliphatic rings. The van der Waals surface area contributed by atoms with Crippen LogP contribution in [0.3, 0.4) is 0 Å². The third kappa shape index (κ3) is 4.72. The van der Waals surface area contributed by atoms with Crippen LogP contribution in [0, 0.1) is 0 Å². The van der Waals surface area contributed by atoms with Gasteiger partial charge in [0.05, 0.1) is 19.3 Å². The molecule has 0 aromatic carbocycles. The molecule has 5 heteroatoms. The quantitative estimate of drug-likeness (QED) is 0.493. The Balaban J connectivity index is 3.20. The average Bonchev–Trinajstić information content (AvgIpc) is 2.67. The molecule has 148 valence electrons. The average molecular weight is 369 g/mol. The summed E-state index contributed by atoms with van der Waals surface area (Å²) in [4.78, 5) is 2.76. The third-order valence-corrected chi connectivity index (χ3v) is 13.3. The lowest BCUT2D eigenvalue weighted by Crippen LogP contribution is -2.60. The summed E-state index contributed by atoms with van der Waals surface area (Å²) < 4.78 is 12.8. The lowest BCUT2D eigenvalue weighted by molar-refractivity contribution is 0.00578. The summed E-state index contributed by atoms with van der Waals surface area (Å²) in [6.07, 6.45) is 1.00. The molecule has 1 heterocycles. The molecule has 0 radical (unpaired) electrons. The van der Waals surface area contributed by atoms with E-state index in [1.165, 1.54) is 18.1 Å². The van der Waals surface area contributed by atoms with Crippen LogP contribution < -0.4 is 0 Å². The van der Waals surface area contributed by atoms with Gasteiger partial charge in [-0.2, -0.15) is 0 Å². The highest BCUT2D eigenvalue weighted by atomic mass is 28.3. The molecule has 1 unspecified atom stereocenters. The molecule has 25 heavy (non-hydrogen) atoms. The number of nitrogens with zero attached hydrogens (tertiary/aromatic N) is 1. The van der Waals surface area contributed by atoms with Crippen LogP contribution in [0.2, 0.25) is 24.5 Å². The maximum atomic E-state index is 6.41. The predicted octanol–water partition coefficient (Wildman–Crippen LogP) is 5.61. The SMILES string of the molecule is CC[Si](CC)(CC)C(CB1OC(C)(C)C(C)(C)O1)N(C(C)C)C(C)C. The van der Waals surface area contributed by atoms with E-state index in [9.17, 15) is 0 Å². The molecule has 0 aromatic heterocycles. The molecule has 3 nitrogen and oxygen atoms in total. The van der Waals surface area contributed by atoms with Crippen molar-refractivity contribution in [1.29, 1.82) is 0 Å². The summed E-state index contributed by atoms with van der Waals surface area (Å²) in [6, 6.07) is 5.09. The first-order chi connectivity index (χ1) is 11.4. The van der Waals surface area contributed by atoms with E-state index < -0.39 is 8.07 Å². The van der Waals surface area contributed by atoms with Gasteiger partial charge in [-0.25, -0.2) is 0 Å². The predicted molar refractivity (Wildman–Crippen MR) is 114 cm³/mol. The van der Waals surface area contributed by atoms with Gasteiger partial charge in [-0.05, 0) is 61.7 Å². The molecule has 0 aromatic rings. The summed E-state index contributed by atoms with van der Waals surface area (Å²) in [5.74, 6) is 0. The Morgan fingerprint density at radius 1 is 0.800 bits per heavy atom. The van der Waals surface area contributed by atoms with Crippen LogP contribution in [0.25, 0.3) is 0 Å². The Morgan fingerprint density at radius 2 is 1.16 bits per heavy atom. The minimum absolute atomic E-state index is 0.0912. The molecule has 1 saturated heterocycles. The maximum Gasteiger partial charge on any atom is 0.459 e. The molecular weight excluding hydrogens is 325 g/mol. The van der Waals surface area contributed by atoms with E-state index in [2.05, 4.69) is 81.1 Å². The highest BCUT2D eigenvalue weighted by Crippen LogP contribution is 2.41. The zero-order valence-corrected chi connectivity index (χ0v) is 19.9. The summed E-state index contributed by atoms with van der Waals surface area (Å²) >= 11 is 0. The van der Waals surface area contributed by atoms with Crippen molar-refractivity contribution in [2.45, 2.75) is 130 Å². The topological polar surface area (TPSA) is 21.7 Å². The minimum Gasteiger partial charge on any atom is -0.403 e. The van der Waals surface area contributed by atoms with Gasteiger partial charge in [0.2, 0.25) is 0 Å². The Bertz CT molecular complexity index is 390. The molecule has 0 saturated carbocycles. The molecule has 0 bridgehead atoms. The molecular formula is C20H44BNO2Si. The van der Waals surface area contributed by atoms with Crippen molar-refractivity contribution in [3.8, 4) is 0 Å². The first kappa shape index (κ1) is 23.2. The van der Waals surface area contributed by atoms with Crippen LogP contribution in [0.5, 0.6) is 0 Å². The van der Waals surface area contributed by atoms with E-state index in [4.69, 9.17) is 9.31 Å². The van der Waals surface area contributed by atoms with Gasteiger partial charge in [-0.3, -0.25) is 4.90 Å². The van der Waals surface area contributed by atoms with Gasteiger partial charge in [0.15, 0.2) is 0 Å². The van der Waals surface area contributed by atoms with Gasteiger partial charge >= 0.3 is 7.12 Å². The summed E-state index contributed by atoms with van der Waals surface area (Å²) in [5, 5.41) is 0. The fourth-order valence-electron chi connectivity index (χ4n) is 4.70. The fourth-order valence-corrected chi connectivity index (χ4v) is 9.54. The summed E-state index contributed by atoms with van der Waals surface area (Å²) in [6.45, 7) is 25.3. The van der Waals surface area contributed by atoms with Crippen LogP contribution >= 0.6 is 0 Å². The van der Waals surface area contributed by atoms with Gasteiger partial charge in [-0.15, -0.1) is 0 Å². The van der Waals surface area contributed by atoms with Gasteiger partial charge in [-0.1, -0.05) is 38.9 Å². The van der Waals surface area contributed by atoms with E-state index in [1.54, 1.807) is 0 Å². The molecule has 1 aliphatic heterocycles. The highest BCUT2D eigenvalue weighted by Gasteiger charge is 2.54. The van der Waals surface area contributed by atoms with Crippen LogP contribution in [-0.2, 0) is 9.31 Å². The van der Waals surface area contributed by atoms with E-state index in [1.807, 2.05) is 0 Å². The Kier molecular flexibility index (Phi) is 7.84. The normalized spacial score (nSPS) is 21.6. The van der Waals surface area contributed by atoms with Crippen LogP contribution in [0.15, 0.2) is 0 Å². The van der Waals surface area contributed by atoms with Gasteiger partial charge < -0.3 is 9.31 Å². The van der Waals surface area contributed by atoms with Crippen LogP contribution in [0.4, 0.5) is 0 Å². The summed E-state index contributed by atoms with van der Waals surface area (Å²) in [5.41, 5.74) is 0.122. The zero-order valence-electron chi connectivity index (χ0n) is 18.9. The molecule has 0 N–H and O–H groups in total. The van der Waals surface area contributed by atoms with Crippen molar-refractivity contribution >= 4 is 15.2 Å². The smallest absolute Gasteiger partial charge is 0.403 e. The van der Waals surface area contributed by atoms with Crippen molar-refractivity contribution in [3.63, 3.8) is 0 Å². The molecule has 0 amide bonds. The van der Waals surface area contributed by atoms with Crippen molar-refractivity contribution in [2.24, 2.45) is 0 Å². The third-order valence-electron chi connectivity index (χ3n) is 7.09. The second kappa shape index (κ2) is 8.45. The Labute approximate surface area is 159 Å². The van der Waals surface area contributed by atoms with Crippen molar-refractivity contribution in [1.82, 2.24) is 4.90 Å². The lowest BCUT2D eigenvalue weighted by atomic mass is 9.84. The molecule has 0 spiro atoms. The number of hydrogen-bond donors (Lipinski definition) is 0. The molecule has 1 fully saturated rings. The Morgan fingerprint density at radius 3 is 1.44 bits per heavy atom. The van der Waals surface area contributed by atoms with Gasteiger partial charge in [0.1, 0.15) is 0 Å². The monoisotopic (exact) mass is 369 g/mol. The van der Waals surface area contributed by atoms with Gasteiger partial charge in [0.25, 0.3) is 0 Å². The first-order valence-electron chi connectivity index (χ1n) is 10.5. The second-order valence-corrected chi connectivity index (χ2v) is 15.0. The Hall–Kier alpha value is 0.162. The number of hydrogen-bond acceptors (Lipinski definition) is 3. The van der Waals surface area contributed by atoms with Gasteiger partial charge in [0, 0.05) is 17.7 Å². The highest BCUT2D eigenvalue weighted by molar-refractivity contribution is 6.82. The largest absolute Gasteiger partial charge is 0.459 e. The van der Waals surface area contributed by atoms with Crippen molar-refractivity contribution in [3.05, 3.63) is 0 Å². The minimum atomic E-state index is -1.43. The number of rotatable bonds is 9. The molecule has 1 atom stereocenters. The second-order valence-electron chi connectivity index (χ2n) is 9.50. The standard InChI is InChI=1S/C20H44BNO2Si/c1-12-25(13-2,14-3)18(22(16(4)5)17(6)7)15-21-23-19(8,9)20(10,11)24-21/h16-18H,12-15H2,1-11H3.